The van der Waals surface area contributed by atoms with E-state index in [2.05, 4.69) is 19.2 Å². The van der Waals surface area contributed by atoms with Gasteiger partial charge in [-0.15, -0.1) is 0 Å². The smallest absolute Gasteiger partial charge is 0.0589 e. The van der Waals surface area contributed by atoms with Gasteiger partial charge >= 0.3 is 0 Å². The van der Waals surface area contributed by atoms with Crippen molar-refractivity contribution in [2.24, 2.45) is 0 Å². The van der Waals surface area contributed by atoms with E-state index >= 15 is 0 Å². The maximum absolute atomic E-state index is 11.1. The quantitative estimate of drug-likeness (QED) is 0.776. The molecule has 0 radical (unpaired) electrons. The van der Waals surface area contributed by atoms with Gasteiger partial charge in [-0.2, -0.15) is 0 Å². The van der Waals surface area contributed by atoms with Gasteiger partial charge in [-0.25, -0.2) is 0 Å². The van der Waals surface area contributed by atoms with E-state index in [1.54, 1.807) is 6.26 Å². The minimum atomic E-state index is -0.706. The monoisotopic (exact) mass is 247 g/mol. The van der Waals surface area contributed by atoms with Crippen LogP contribution in [0.4, 0.5) is 0 Å². The predicted octanol–water partition coefficient (Wildman–Crippen LogP) is 1.69. The Morgan fingerprint density at radius 1 is 1.56 bits per heavy atom. The van der Waals surface area contributed by atoms with Crippen LogP contribution in [0.15, 0.2) is 0 Å². The van der Waals surface area contributed by atoms with E-state index in [0.717, 1.165) is 31.6 Å². The van der Waals surface area contributed by atoms with Crippen LogP contribution in [0, 0.1) is 0 Å². The highest BCUT2D eigenvalue weighted by Gasteiger charge is 2.22. The first-order valence-corrected chi connectivity index (χ1v) is 8.02. The zero-order valence-electron chi connectivity index (χ0n) is 10.7. The molecular formula is C12H25NO2S. The maximum atomic E-state index is 11.1. The van der Waals surface area contributed by atoms with Gasteiger partial charge in [0.25, 0.3) is 0 Å². The summed E-state index contributed by atoms with van der Waals surface area (Å²) >= 11 is 0. The third kappa shape index (κ3) is 5.41. The van der Waals surface area contributed by atoms with Gasteiger partial charge in [0.2, 0.25) is 0 Å². The molecule has 4 unspecified atom stereocenters. The zero-order chi connectivity index (χ0) is 12.0. The molecule has 0 aromatic heterocycles. The molecule has 3 nitrogen and oxygen atoms in total. The van der Waals surface area contributed by atoms with Crippen LogP contribution in [0.25, 0.3) is 0 Å². The second kappa shape index (κ2) is 7.41. The molecule has 1 saturated heterocycles. The van der Waals surface area contributed by atoms with Crippen LogP contribution in [0.2, 0.25) is 0 Å². The summed E-state index contributed by atoms with van der Waals surface area (Å²) in [6.45, 7) is 5.18. The maximum Gasteiger partial charge on any atom is 0.0589 e. The first-order valence-electron chi connectivity index (χ1n) is 6.29. The Kier molecular flexibility index (Phi) is 6.54. The summed E-state index contributed by atoms with van der Waals surface area (Å²) in [7, 11) is -0.706. The first kappa shape index (κ1) is 14.1. The highest BCUT2D eigenvalue weighted by atomic mass is 32.2. The third-order valence-corrected chi connectivity index (χ3v) is 3.95. The van der Waals surface area contributed by atoms with Gasteiger partial charge in [-0.3, -0.25) is 4.21 Å². The van der Waals surface area contributed by atoms with Crippen LogP contribution < -0.4 is 5.32 Å². The van der Waals surface area contributed by atoms with Gasteiger partial charge < -0.3 is 10.1 Å². The van der Waals surface area contributed by atoms with Crippen LogP contribution in [0.5, 0.6) is 0 Å². The summed E-state index contributed by atoms with van der Waals surface area (Å²) in [5.41, 5.74) is 0. The molecule has 4 atom stereocenters. The summed E-state index contributed by atoms with van der Waals surface area (Å²) in [5, 5.41) is 3.57. The second-order valence-electron chi connectivity index (χ2n) is 4.81. The summed E-state index contributed by atoms with van der Waals surface area (Å²) in [5.74, 6) is 0.746. The van der Waals surface area contributed by atoms with Crippen LogP contribution in [-0.2, 0) is 15.5 Å². The molecule has 1 N–H and O–H groups in total. The molecule has 1 aliphatic rings. The Balaban J connectivity index is 2.28. The Bertz CT molecular complexity index is 221. The second-order valence-corrected chi connectivity index (χ2v) is 6.29. The van der Waals surface area contributed by atoms with Crippen molar-refractivity contribution >= 4 is 10.8 Å². The molecule has 16 heavy (non-hydrogen) atoms. The predicted molar refractivity (Wildman–Crippen MR) is 69.2 cm³/mol. The molecule has 1 fully saturated rings. The lowest BCUT2D eigenvalue weighted by atomic mass is 9.99. The number of ether oxygens (including phenoxy) is 1. The van der Waals surface area contributed by atoms with E-state index in [9.17, 15) is 4.21 Å². The lowest BCUT2D eigenvalue weighted by molar-refractivity contribution is -0.00427. The number of hydrogen-bond donors (Lipinski definition) is 1. The fourth-order valence-electron chi connectivity index (χ4n) is 2.36. The minimum absolute atomic E-state index is 0.344. The Hall–Kier alpha value is 0.0700. The molecule has 1 rings (SSSR count). The van der Waals surface area contributed by atoms with Crippen LogP contribution in [0.1, 0.15) is 39.5 Å². The number of nitrogens with one attached hydrogen (secondary N) is 1. The minimum Gasteiger partial charge on any atom is -0.378 e. The van der Waals surface area contributed by atoms with Crippen molar-refractivity contribution in [3.05, 3.63) is 0 Å². The van der Waals surface area contributed by atoms with Gasteiger partial charge in [0.1, 0.15) is 0 Å². The molecule has 1 aliphatic heterocycles. The van der Waals surface area contributed by atoms with Crippen LogP contribution in [-0.4, -0.2) is 41.0 Å². The molecule has 0 aromatic carbocycles. The van der Waals surface area contributed by atoms with E-state index in [4.69, 9.17) is 4.74 Å². The summed E-state index contributed by atoms with van der Waals surface area (Å²) in [4.78, 5) is 0. The van der Waals surface area contributed by atoms with Crippen molar-refractivity contribution in [1.82, 2.24) is 5.32 Å². The van der Waals surface area contributed by atoms with Crippen LogP contribution >= 0.6 is 0 Å². The van der Waals surface area contributed by atoms with Crippen molar-refractivity contribution in [1.29, 1.82) is 0 Å². The Labute approximate surface area is 102 Å². The van der Waals surface area contributed by atoms with Gasteiger partial charge in [0.05, 0.1) is 6.10 Å². The van der Waals surface area contributed by atoms with E-state index in [1.165, 1.54) is 6.42 Å². The zero-order valence-corrected chi connectivity index (χ0v) is 11.5. The first-order chi connectivity index (χ1) is 7.61. The molecule has 0 aromatic rings. The highest BCUT2D eigenvalue weighted by Crippen LogP contribution is 2.18. The van der Waals surface area contributed by atoms with Crippen molar-refractivity contribution in [3.8, 4) is 0 Å². The molecule has 96 valence electrons. The third-order valence-electron chi connectivity index (χ3n) is 2.98. The largest absolute Gasteiger partial charge is 0.378 e. The Morgan fingerprint density at radius 3 is 2.94 bits per heavy atom. The van der Waals surface area contributed by atoms with E-state index in [1.807, 2.05) is 0 Å². The number of rotatable bonds is 6. The number of hydrogen-bond acceptors (Lipinski definition) is 3. The van der Waals surface area contributed by atoms with Gasteiger partial charge in [0.15, 0.2) is 0 Å². The van der Waals surface area contributed by atoms with E-state index < -0.39 is 10.8 Å². The summed E-state index contributed by atoms with van der Waals surface area (Å²) in [6.07, 6.45) is 6.73. The van der Waals surface area contributed by atoms with E-state index in [0.29, 0.717) is 18.2 Å². The van der Waals surface area contributed by atoms with Gasteiger partial charge in [-0.05, 0) is 26.2 Å². The van der Waals surface area contributed by atoms with Gasteiger partial charge in [-0.1, -0.05) is 13.3 Å². The topological polar surface area (TPSA) is 38.3 Å². The molecule has 0 spiro atoms. The standard InChI is InChI=1S/C12H25NO2S/c1-4-5-12-8-11(6-7-15-12)13-10(2)9-16(3)14/h10-13H,4-9H2,1-3H3. The molecule has 0 aliphatic carbocycles. The average Bonchev–Trinajstić information content (AvgIpc) is 2.17. The van der Waals surface area contributed by atoms with Crippen molar-refractivity contribution in [3.63, 3.8) is 0 Å². The SMILES string of the molecule is CCCC1CC(NC(C)CS(C)=O)CCO1. The lowest BCUT2D eigenvalue weighted by Gasteiger charge is -2.32. The molecule has 4 heteroatoms. The van der Waals surface area contributed by atoms with Crippen molar-refractivity contribution < 1.29 is 8.95 Å². The molecule has 0 saturated carbocycles. The van der Waals surface area contributed by atoms with Crippen LogP contribution in [0.3, 0.4) is 0 Å². The Morgan fingerprint density at radius 2 is 2.31 bits per heavy atom. The fourth-order valence-corrected chi connectivity index (χ4v) is 3.16. The highest BCUT2D eigenvalue weighted by molar-refractivity contribution is 7.84. The lowest BCUT2D eigenvalue weighted by Crippen LogP contribution is -2.44. The summed E-state index contributed by atoms with van der Waals surface area (Å²) in [6, 6.07) is 0.889. The van der Waals surface area contributed by atoms with E-state index in [-0.39, 0.29) is 0 Å². The fraction of sp³-hybridized carbons (Fsp3) is 1.00. The molecule has 0 bridgehead atoms. The van der Waals surface area contributed by atoms with Crippen molar-refractivity contribution in [2.75, 3.05) is 18.6 Å². The molecule has 1 heterocycles. The molecular weight excluding hydrogens is 222 g/mol. The average molecular weight is 247 g/mol. The normalized spacial score (nSPS) is 29.9. The van der Waals surface area contributed by atoms with Gasteiger partial charge in [0, 0.05) is 41.5 Å². The molecule has 0 amide bonds. The summed E-state index contributed by atoms with van der Waals surface area (Å²) < 4.78 is 16.8. The van der Waals surface area contributed by atoms with Crippen molar-refractivity contribution in [2.45, 2.75) is 57.7 Å².